The average molecular weight is 891 g/mol. The summed E-state index contributed by atoms with van der Waals surface area (Å²) in [5, 5.41) is 52.9. The Morgan fingerprint density at radius 1 is 0.424 bits per heavy atom. The van der Waals surface area contributed by atoms with Crippen LogP contribution in [0.25, 0.3) is 33.4 Å². The van der Waals surface area contributed by atoms with Crippen LogP contribution in [0.1, 0.15) is 121 Å². The molecule has 0 spiro atoms. The fourth-order valence-electron chi connectivity index (χ4n) is 9.53. The van der Waals surface area contributed by atoms with Crippen molar-refractivity contribution in [3.8, 4) is 33.4 Å². The Balaban J connectivity index is 0.000000150. The summed E-state index contributed by atoms with van der Waals surface area (Å²) in [6, 6.07) is 44.0. The molecule has 0 saturated heterocycles. The number of aliphatic hydroxyl groups excluding tert-OH is 3. The van der Waals surface area contributed by atoms with E-state index >= 15 is 0 Å². The Morgan fingerprint density at radius 2 is 0.682 bits per heavy atom. The fraction of sp³-hybridized carbons (Fsp3) is 0.316. The van der Waals surface area contributed by atoms with Gasteiger partial charge in [0, 0.05) is 5.41 Å². The molecule has 0 aromatic heterocycles. The smallest absolute Gasteiger partial charge is 0.303 e. The zero-order valence-corrected chi connectivity index (χ0v) is 38.3. The van der Waals surface area contributed by atoms with Crippen LogP contribution >= 0.6 is 0 Å². The first-order valence-corrected chi connectivity index (χ1v) is 22.8. The van der Waals surface area contributed by atoms with Gasteiger partial charge in [-0.2, -0.15) is 0 Å². The van der Waals surface area contributed by atoms with Gasteiger partial charge < -0.3 is 30.6 Å². The molecule has 3 atom stereocenters. The summed E-state index contributed by atoms with van der Waals surface area (Å²) in [6.45, 7) is 7.33. The van der Waals surface area contributed by atoms with Crippen LogP contribution in [0.3, 0.4) is 0 Å². The minimum atomic E-state index is -0.736. The standard InChI is InChI=1S/3C17H16O2.C6H14O3/c3*1-11(9-17(18)19)13-7-4-8-15-14-6-3-2-5-12(14)10-16(13)15;1-2-6(3-7,4-8)5-9/h3*2-8,11H,9-10H2,1H3,(H,18,19);7-9H,2-5H2,1H3. The lowest BCUT2D eigenvalue weighted by Gasteiger charge is -2.24. The zero-order chi connectivity index (χ0) is 47.5. The van der Waals surface area contributed by atoms with Crippen molar-refractivity contribution in [3.05, 3.63) is 177 Å². The third kappa shape index (κ3) is 11.2. The molecule has 0 bridgehead atoms. The first-order chi connectivity index (χ1) is 31.7. The van der Waals surface area contributed by atoms with Crippen molar-refractivity contribution in [1.82, 2.24) is 0 Å². The third-order valence-electron chi connectivity index (χ3n) is 13.5. The van der Waals surface area contributed by atoms with Gasteiger partial charge >= 0.3 is 17.9 Å². The highest BCUT2D eigenvalue weighted by Gasteiger charge is 2.27. The summed E-state index contributed by atoms with van der Waals surface area (Å²) >= 11 is 0. The van der Waals surface area contributed by atoms with Crippen molar-refractivity contribution in [2.24, 2.45) is 5.41 Å². The molecular weight excluding hydrogens is 829 g/mol. The second-order valence-electron chi connectivity index (χ2n) is 17.9. The molecule has 344 valence electrons. The van der Waals surface area contributed by atoms with Crippen molar-refractivity contribution in [3.63, 3.8) is 0 Å². The summed E-state index contributed by atoms with van der Waals surface area (Å²) in [7, 11) is 0. The van der Waals surface area contributed by atoms with Crippen LogP contribution in [0.2, 0.25) is 0 Å². The molecule has 0 fully saturated rings. The Bertz CT molecular complexity index is 2370. The predicted molar refractivity (Wildman–Crippen MR) is 260 cm³/mol. The van der Waals surface area contributed by atoms with Gasteiger partial charge in [0.2, 0.25) is 0 Å². The maximum atomic E-state index is 10.9. The number of aliphatic carboxylic acids is 3. The molecule has 9 heteroatoms. The number of aliphatic hydroxyl groups is 3. The molecule has 0 saturated carbocycles. The third-order valence-corrected chi connectivity index (χ3v) is 13.5. The van der Waals surface area contributed by atoms with E-state index in [1.54, 1.807) is 0 Å². The van der Waals surface area contributed by atoms with Crippen LogP contribution in [-0.2, 0) is 33.6 Å². The second kappa shape index (κ2) is 22.2. The van der Waals surface area contributed by atoms with Gasteiger partial charge in [-0.1, -0.05) is 155 Å². The zero-order valence-electron chi connectivity index (χ0n) is 38.3. The molecule has 0 radical (unpaired) electrons. The van der Waals surface area contributed by atoms with Gasteiger partial charge in [-0.05, 0) is 127 Å². The van der Waals surface area contributed by atoms with Crippen molar-refractivity contribution >= 4 is 17.9 Å². The van der Waals surface area contributed by atoms with E-state index in [2.05, 4.69) is 109 Å². The van der Waals surface area contributed by atoms with Crippen molar-refractivity contribution in [2.75, 3.05) is 19.8 Å². The molecule has 6 aromatic carbocycles. The van der Waals surface area contributed by atoms with Gasteiger partial charge in [0.05, 0.1) is 39.1 Å². The summed E-state index contributed by atoms with van der Waals surface area (Å²) in [4.78, 5) is 32.7. The van der Waals surface area contributed by atoms with Gasteiger partial charge in [-0.25, -0.2) is 0 Å². The van der Waals surface area contributed by atoms with Crippen LogP contribution in [0.15, 0.2) is 127 Å². The van der Waals surface area contributed by atoms with Crippen LogP contribution in [0.5, 0.6) is 0 Å². The number of carboxylic acids is 3. The molecule has 9 nitrogen and oxygen atoms in total. The van der Waals surface area contributed by atoms with E-state index in [0.29, 0.717) is 6.42 Å². The van der Waals surface area contributed by atoms with E-state index in [1.165, 1.54) is 83.5 Å². The van der Waals surface area contributed by atoms with Gasteiger partial charge in [0.15, 0.2) is 0 Å². The number of fused-ring (bicyclic) bond motifs is 9. The molecule has 66 heavy (non-hydrogen) atoms. The van der Waals surface area contributed by atoms with Gasteiger partial charge in [-0.15, -0.1) is 0 Å². The maximum Gasteiger partial charge on any atom is 0.303 e. The number of hydrogen-bond donors (Lipinski definition) is 6. The molecule has 6 N–H and O–H groups in total. The van der Waals surface area contributed by atoms with Gasteiger partial charge in [0.1, 0.15) is 0 Å². The molecule has 9 rings (SSSR count). The van der Waals surface area contributed by atoms with E-state index in [9.17, 15) is 14.4 Å². The Labute approximate surface area is 388 Å². The maximum absolute atomic E-state index is 10.9. The molecule has 3 unspecified atom stereocenters. The molecule has 3 aliphatic carbocycles. The predicted octanol–water partition coefficient (Wildman–Crippen LogP) is 10.9. The van der Waals surface area contributed by atoms with Crippen LogP contribution in [0, 0.1) is 5.41 Å². The minimum absolute atomic E-state index is 0.0572. The highest BCUT2D eigenvalue weighted by atomic mass is 16.4. The second-order valence-corrected chi connectivity index (χ2v) is 17.9. The van der Waals surface area contributed by atoms with E-state index in [0.717, 1.165) is 19.3 Å². The van der Waals surface area contributed by atoms with E-state index in [4.69, 9.17) is 30.6 Å². The largest absolute Gasteiger partial charge is 0.481 e. The molecule has 6 aromatic rings. The lowest BCUT2D eigenvalue weighted by atomic mass is 9.88. The Kier molecular flexibility index (Phi) is 16.5. The highest BCUT2D eigenvalue weighted by Crippen LogP contribution is 2.43. The lowest BCUT2D eigenvalue weighted by Crippen LogP contribution is -2.32. The first-order valence-electron chi connectivity index (χ1n) is 22.8. The molecule has 3 aliphatic rings. The lowest BCUT2D eigenvalue weighted by molar-refractivity contribution is -0.138. The number of rotatable bonds is 13. The summed E-state index contributed by atoms with van der Waals surface area (Å²) in [5.41, 5.74) is 18.5. The van der Waals surface area contributed by atoms with Crippen molar-refractivity contribution < 1.29 is 45.0 Å². The molecular formula is C57H62O9. The number of benzene rings is 6. The highest BCUT2D eigenvalue weighted by molar-refractivity contribution is 5.81. The number of hydrogen-bond acceptors (Lipinski definition) is 6. The van der Waals surface area contributed by atoms with Crippen LogP contribution in [-0.4, -0.2) is 68.4 Å². The first kappa shape index (κ1) is 49.1. The quantitative estimate of drug-likeness (QED) is 0.0659. The van der Waals surface area contributed by atoms with Crippen LogP contribution < -0.4 is 0 Å². The monoisotopic (exact) mass is 890 g/mol. The number of carboxylic acid groups (broad SMARTS) is 3. The van der Waals surface area contributed by atoms with E-state index in [-0.39, 0.29) is 56.8 Å². The summed E-state index contributed by atoms with van der Waals surface area (Å²) < 4.78 is 0. The van der Waals surface area contributed by atoms with Gasteiger partial charge in [-0.3, -0.25) is 14.4 Å². The van der Waals surface area contributed by atoms with E-state index in [1.807, 2.05) is 45.9 Å². The number of carbonyl (C=O) groups is 3. The minimum Gasteiger partial charge on any atom is -0.481 e. The molecule has 0 aliphatic heterocycles. The van der Waals surface area contributed by atoms with Crippen molar-refractivity contribution in [2.45, 2.75) is 90.4 Å². The average Bonchev–Trinajstić information content (AvgIpc) is 4.01. The summed E-state index contributed by atoms with van der Waals surface area (Å²) in [6.07, 6.45) is 3.92. The van der Waals surface area contributed by atoms with E-state index < -0.39 is 23.3 Å². The summed E-state index contributed by atoms with van der Waals surface area (Å²) in [5.74, 6) is -2.04. The van der Waals surface area contributed by atoms with Gasteiger partial charge in [0.25, 0.3) is 0 Å². The molecule has 0 heterocycles. The van der Waals surface area contributed by atoms with Crippen molar-refractivity contribution in [1.29, 1.82) is 0 Å². The SMILES string of the molecule is CC(CC(=O)O)c1cccc2c1Cc1ccccc1-2.CC(CC(=O)O)c1cccc2c1Cc1ccccc1-2.CC(CC(=O)O)c1cccc2c1Cc1ccccc1-2.CCC(CO)(CO)CO. The normalized spacial score (nSPS) is 13.5. The molecule has 0 amide bonds. The fourth-order valence-corrected chi connectivity index (χ4v) is 9.53. The van der Waals surface area contributed by atoms with Crippen LogP contribution in [0.4, 0.5) is 0 Å². The Hall–Kier alpha value is -6.39. The Morgan fingerprint density at radius 3 is 0.909 bits per heavy atom. The topological polar surface area (TPSA) is 173 Å².